The number of hydrogen-bond acceptors (Lipinski definition) is 13. The van der Waals surface area contributed by atoms with Crippen molar-refractivity contribution >= 4 is 50.3 Å². The summed E-state index contributed by atoms with van der Waals surface area (Å²) in [7, 11) is -1.34. The number of rotatable bonds is 11. The van der Waals surface area contributed by atoms with Crippen LogP contribution in [0.5, 0.6) is 0 Å². The monoisotopic (exact) mass is 559 g/mol. The molecule has 19 heteroatoms. The lowest BCUT2D eigenvalue weighted by Crippen LogP contribution is -2.73. The lowest BCUT2D eigenvalue weighted by atomic mass is 9.98. The molecule has 2 atom stereocenters. The number of oxime groups is 1. The van der Waals surface area contributed by atoms with E-state index in [-0.39, 0.29) is 21.7 Å². The summed E-state index contributed by atoms with van der Waals surface area (Å²) >= 11 is 0.965. The molecule has 1 aliphatic rings. The molecule has 0 aliphatic carbocycles. The number of anilines is 1. The van der Waals surface area contributed by atoms with Gasteiger partial charge in [-0.15, -0.1) is 11.3 Å². The third-order valence-electron chi connectivity index (χ3n) is 4.98. The molecule has 5 N–H and O–H groups in total. The summed E-state index contributed by atoms with van der Waals surface area (Å²) in [6, 6.07) is -2.73. The van der Waals surface area contributed by atoms with E-state index in [1.807, 2.05) is 19.0 Å². The van der Waals surface area contributed by atoms with Gasteiger partial charge < -0.3 is 25.9 Å². The van der Waals surface area contributed by atoms with Crippen LogP contribution in [0, 0.1) is 0 Å². The predicted molar refractivity (Wildman–Crippen MR) is 127 cm³/mol. The highest BCUT2D eigenvalue weighted by Crippen LogP contribution is 2.25. The molecule has 3 heterocycles. The summed E-state index contributed by atoms with van der Waals surface area (Å²) in [5.41, 5.74) is 3.78. The van der Waals surface area contributed by atoms with Crippen LogP contribution in [0.1, 0.15) is 25.2 Å². The zero-order chi connectivity index (χ0) is 27.7. The lowest BCUT2D eigenvalue weighted by Gasteiger charge is -2.43. The first-order valence-electron chi connectivity index (χ1n) is 10.5. The number of nitrogens with two attached hydrogens (primary N) is 1. The average Bonchev–Trinajstić information content (AvgIpc) is 3.39. The van der Waals surface area contributed by atoms with Crippen LogP contribution >= 0.6 is 11.3 Å². The van der Waals surface area contributed by atoms with Crippen LogP contribution < -0.4 is 11.1 Å². The topological polar surface area (TPSA) is 236 Å². The van der Waals surface area contributed by atoms with Crippen molar-refractivity contribution in [2.45, 2.75) is 44.6 Å². The highest BCUT2D eigenvalue weighted by Gasteiger charge is 2.54. The molecular weight excluding hydrogens is 534 g/mol. The minimum atomic E-state index is -4.97. The number of carbonyl (C=O) groups excluding carboxylic acids is 2. The number of aromatic nitrogens is 4. The van der Waals surface area contributed by atoms with Crippen molar-refractivity contribution in [3.63, 3.8) is 0 Å². The van der Waals surface area contributed by atoms with E-state index >= 15 is 0 Å². The van der Waals surface area contributed by atoms with Gasteiger partial charge in [-0.25, -0.2) is 14.1 Å². The van der Waals surface area contributed by atoms with Gasteiger partial charge in [-0.05, 0) is 27.9 Å². The van der Waals surface area contributed by atoms with E-state index in [9.17, 15) is 32.5 Å². The van der Waals surface area contributed by atoms with Crippen LogP contribution in [0.2, 0.25) is 0 Å². The Morgan fingerprint density at radius 1 is 1.38 bits per heavy atom. The van der Waals surface area contributed by atoms with Gasteiger partial charge in [0.05, 0.1) is 18.4 Å². The fraction of sp³-hybridized carbons (Fsp3) is 0.500. The smallest absolute Gasteiger partial charge is 0.362 e. The van der Waals surface area contributed by atoms with E-state index in [0.717, 1.165) is 16.1 Å². The van der Waals surface area contributed by atoms with Gasteiger partial charge in [-0.1, -0.05) is 5.16 Å². The summed E-state index contributed by atoms with van der Waals surface area (Å²) in [6.07, 6.45) is 1.45. The van der Waals surface area contributed by atoms with E-state index in [4.69, 9.17) is 10.6 Å². The SMILES string of the molecule is CN(C)Cc1cnn(C[C@@H]2[C@H](NC(=O)/C(=N\OC(C)(C)C(=O)O)c3csc(N)n3)C(=O)N2S(=O)(=O)O)n1. The molecule has 1 fully saturated rings. The summed E-state index contributed by atoms with van der Waals surface area (Å²) in [5, 5.41) is 24.9. The number of amides is 2. The van der Waals surface area contributed by atoms with Gasteiger partial charge in [-0.2, -0.15) is 23.4 Å². The molecule has 0 unspecified atom stereocenters. The number of thiazole rings is 1. The Morgan fingerprint density at radius 3 is 2.59 bits per heavy atom. The van der Waals surface area contributed by atoms with E-state index in [0.29, 0.717) is 12.2 Å². The minimum absolute atomic E-state index is 0.0708. The van der Waals surface area contributed by atoms with Gasteiger partial charge in [0, 0.05) is 11.9 Å². The summed E-state index contributed by atoms with van der Waals surface area (Å²) in [6.45, 7) is 2.54. The Balaban J connectivity index is 1.87. The maximum Gasteiger partial charge on any atom is 0.362 e. The maximum absolute atomic E-state index is 13.1. The number of carboxylic acid groups (broad SMARTS) is 1. The minimum Gasteiger partial charge on any atom is -0.478 e. The first kappa shape index (κ1) is 27.9. The summed E-state index contributed by atoms with van der Waals surface area (Å²) < 4.78 is 33.4. The van der Waals surface area contributed by atoms with Crippen molar-refractivity contribution in [2.75, 3.05) is 19.8 Å². The average molecular weight is 560 g/mol. The summed E-state index contributed by atoms with van der Waals surface area (Å²) in [5.74, 6) is -3.52. The fourth-order valence-electron chi connectivity index (χ4n) is 3.13. The predicted octanol–water partition coefficient (Wildman–Crippen LogP) is -1.84. The van der Waals surface area contributed by atoms with E-state index < -0.39 is 51.5 Å². The highest BCUT2D eigenvalue weighted by molar-refractivity contribution is 7.84. The molecule has 2 amide bonds. The number of nitrogens with zero attached hydrogens (tertiary/aromatic N) is 7. The molecule has 3 rings (SSSR count). The molecule has 1 saturated heterocycles. The molecule has 2 aromatic rings. The molecule has 17 nitrogen and oxygen atoms in total. The van der Waals surface area contributed by atoms with Crippen LogP contribution in [-0.4, -0.2) is 103 Å². The largest absolute Gasteiger partial charge is 0.478 e. The van der Waals surface area contributed by atoms with Crippen molar-refractivity contribution in [1.29, 1.82) is 0 Å². The molecule has 2 aromatic heterocycles. The molecule has 0 saturated carbocycles. The Morgan fingerprint density at radius 2 is 2.05 bits per heavy atom. The second-order valence-electron chi connectivity index (χ2n) is 8.68. The van der Waals surface area contributed by atoms with Crippen molar-refractivity contribution in [1.82, 2.24) is 34.5 Å². The van der Waals surface area contributed by atoms with Gasteiger partial charge in [0.15, 0.2) is 10.8 Å². The van der Waals surface area contributed by atoms with Crippen molar-refractivity contribution < 1.29 is 37.3 Å². The zero-order valence-electron chi connectivity index (χ0n) is 20.1. The van der Waals surface area contributed by atoms with Crippen LogP contribution in [0.15, 0.2) is 16.7 Å². The molecule has 0 bridgehead atoms. The Kier molecular flexibility index (Phi) is 7.81. The van der Waals surface area contributed by atoms with E-state index in [1.165, 1.54) is 25.4 Å². The van der Waals surface area contributed by atoms with Crippen molar-refractivity contribution in [2.24, 2.45) is 5.16 Å². The number of carboxylic acids is 1. The second-order valence-corrected chi connectivity index (χ2v) is 10.9. The van der Waals surface area contributed by atoms with E-state index in [2.05, 4.69) is 25.7 Å². The van der Waals surface area contributed by atoms with Crippen LogP contribution in [-0.2, 0) is 42.6 Å². The molecule has 37 heavy (non-hydrogen) atoms. The molecule has 0 radical (unpaired) electrons. The maximum atomic E-state index is 13.1. The summed E-state index contributed by atoms with van der Waals surface area (Å²) in [4.78, 5) is 49.0. The third-order valence-corrected chi connectivity index (χ3v) is 6.60. The van der Waals surface area contributed by atoms with Gasteiger partial charge in [-0.3, -0.25) is 14.1 Å². The van der Waals surface area contributed by atoms with Gasteiger partial charge >= 0.3 is 16.3 Å². The van der Waals surface area contributed by atoms with Crippen LogP contribution in [0.3, 0.4) is 0 Å². The first-order chi connectivity index (χ1) is 17.1. The standard InChI is InChI=1S/C18H25N9O8S2/c1-18(2,16(30)31)35-24-12(10-8-36-17(19)21-10)14(28)22-13-11(27(15(13)29)37(32,33)34)7-26-20-5-9(23-26)6-25(3)4/h5,8,11,13H,6-7H2,1-4H3,(H2,19,21)(H,22,28)(H,30,31)(H,32,33,34)/b24-12-/t11-,13+/m1/s1. The Hall–Kier alpha value is -3.68. The number of hydrogen-bond donors (Lipinski definition) is 4. The second kappa shape index (κ2) is 10.4. The van der Waals surface area contributed by atoms with Gasteiger partial charge in [0.1, 0.15) is 17.8 Å². The van der Waals surface area contributed by atoms with Crippen molar-refractivity contribution in [3.05, 3.63) is 23.0 Å². The molecule has 1 aliphatic heterocycles. The molecule has 202 valence electrons. The van der Waals surface area contributed by atoms with Crippen LogP contribution in [0.25, 0.3) is 0 Å². The molecule has 0 aromatic carbocycles. The Bertz CT molecular complexity index is 1330. The first-order valence-corrected chi connectivity index (χ1v) is 12.7. The number of nitrogen functional groups attached to an aromatic ring is 1. The third kappa shape index (κ3) is 6.37. The van der Waals surface area contributed by atoms with Crippen LogP contribution in [0.4, 0.5) is 5.13 Å². The number of carbonyl (C=O) groups is 3. The Labute approximate surface area is 214 Å². The van der Waals surface area contributed by atoms with Gasteiger partial charge in [0.2, 0.25) is 5.60 Å². The molecule has 0 spiro atoms. The molecular formula is C18H25N9O8S2. The fourth-order valence-corrected chi connectivity index (χ4v) is 4.55. The number of aliphatic carboxylic acids is 1. The number of nitrogens with one attached hydrogen (secondary N) is 1. The van der Waals surface area contributed by atoms with Gasteiger partial charge in [0.25, 0.3) is 11.8 Å². The van der Waals surface area contributed by atoms with Crippen molar-refractivity contribution in [3.8, 4) is 0 Å². The van der Waals surface area contributed by atoms with E-state index in [1.54, 1.807) is 0 Å². The lowest BCUT2D eigenvalue weighted by molar-refractivity contribution is -0.161. The zero-order valence-corrected chi connectivity index (χ0v) is 21.7. The quantitative estimate of drug-likeness (QED) is 0.103. The number of β-lactam (4-membered cyclic amide) rings is 1. The highest BCUT2D eigenvalue weighted by atomic mass is 32.2. The normalized spacial score (nSPS) is 18.6.